The molecule has 51 heavy (non-hydrogen) atoms. The summed E-state index contributed by atoms with van der Waals surface area (Å²) in [7, 11) is 0. The highest BCUT2D eigenvalue weighted by atomic mass is 16.5. The lowest BCUT2D eigenvalue weighted by molar-refractivity contribution is 0.482. The second-order valence-electron chi connectivity index (χ2n) is 14.3. The molecule has 0 fully saturated rings. The summed E-state index contributed by atoms with van der Waals surface area (Å²) < 4.78 is 33.8. The molecule has 0 saturated carbocycles. The minimum Gasteiger partial charge on any atom is -0.457 e. The fourth-order valence-corrected chi connectivity index (χ4v) is 7.22. The molecule has 0 aliphatic heterocycles. The summed E-state index contributed by atoms with van der Waals surface area (Å²) >= 11 is 0. The first-order valence-corrected chi connectivity index (χ1v) is 17.3. The number of ether oxygens (including phenoxy) is 1. The molecule has 0 N–H and O–H groups in total. The van der Waals surface area contributed by atoms with Crippen LogP contribution >= 0.6 is 0 Å². The molecule has 0 spiro atoms. The van der Waals surface area contributed by atoms with Crippen LogP contribution in [0.3, 0.4) is 0 Å². The zero-order valence-corrected chi connectivity index (χ0v) is 29.6. The van der Waals surface area contributed by atoms with Gasteiger partial charge < -0.3 is 4.74 Å². The Morgan fingerprint density at radius 2 is 1.27 bits per heavy atom. The van der Waals surface area contributed by atoms with Gasteiger partial charge in [0.05, 0.1) is 22.4 Å². The van der Waals surface area contributed by atoms with Crippen molar-refractivity contribution in [1.29, 1.82) is 0 Å². The van der Waals surface area contributed by atoms with Crippen LogP contribution in [0, 0.1) is 13.8 Å². The van der Waals surface area contributed by atoms with E-state index in [2.05, 4.69) is 134 Å². The molecule has 8 rings (SSSR count). The summed E-state index contributed by atoms with van der Waals surface area (Å²) in [6, 6.07) is 47.6. The Labute approximate surface area is 304 Å². The zero-order valence-electron chi connectivity index (χ0n) is 32.6. The van der Waals surface area contributed by atoms with Gasteiger partial charge >= 0.3 is 0 Å². The number of hydrogen-bond acceptors (Lipinski definition) is 3. The maximum absolute atomic E-state index is 7.81. The Morgan fingerprint density at radius 1 is 0.588 bits per heavy atom. The molecule has 3 aromatic heterocycles. The van der Waals surface area contributed by atoms with E-state index in [1.54, 1.807) is 10.7 Å². The minimum atomic E-state index is -2.29. The number of aryl methyl sites for hydroxylation is 2. The fraction of sp³-hybridized carbons (Fsp3) is 0.174. The maximum Gasteiger partial charge on any atom is 0.137 e. The van der Waals surface area contributed by atoms with Gasteiger partial charge in [0.2, 0.25) is 0 Å². The molecule has 5 heteroatoms. The number of pyridine rings is 1. The molecule has 0 aliphatic rings. The van der Waals surface area contributed by atoms with Crippen LogP contribution in [-0.2, 0) is 10.8 Å². The van der Waals surface area contributed by atoms with E-state index < -0.39 is 6.85 Å². The van der Waals surface area contributed by atoms with Crippen molar-refractivity contribution in [3.05, 3.63) is 179 Å². The molecule has 5 aromatic carbocycles. The molecule has 0 unspecified atom stereocenters. The first-order chi connectivity index (χ1) is 25.8. The summed E-state index contributed by atoms with van der Waals surface area (Å²) in [4.78, 5) is 4.97. The van der Waals surface area contributed by atoms with Crippen LogP contribution in [0.5, 0.6) is 11.5 Å². The van der Waals surface area contributed by atoms with Gasteiger partial charge in [-0.2, -0.15) is 5.10 Å². The second-order valence-corrected chi connectivity index (χ2v) is 14.3. The molecule has 5 nitrogen and oxygen atoms in total. The quantitative estimate of drug-likeness (QED) is 0.162. The van der Waals surface area contributed by atoms with E-state index in [4.69, 9.17) is 13.8 Å². The van der Waals surface area contributed by atoms with Crippen molar-refractivity contribution < 1.29 is 8.85 Å². The Bertz CT molecular complexity index is 2640. The highest BCUT2D eigenvalue weighted by Crippen LogP contribution is 2.40. The van der Waals surface area contributed by atoms with Gasteiger partial charge in [0.15, 0.2) is 0 Å². The summed E-state index contributed by atoms with van der Waals surface area (Å²) in [5.41, 5.74) is 7.93. The SMILES string of the molecule is [2H]C([2H])([2H])c1cc(C)n(-c2cccc(Oc3ccc4c5cc(C(C)(C)c6ccccc6)ccc5n(-c5cc(C(C)(C)c6ccccc6)ccn5)c4c3)c2)n1. The Hall–Kier alpha value is -5.94. The molecule has 0 aliphatic carbocycles. The van der Waals surface area contributed by atoms with Crippen molar-refractivity contribution >= 4 is 21.8 Å². The average molecular weight is 670 g/mol. The molecule has 0 saturated heterocycles. The highest BCUT2D eigenvalue weighted by Gasteiger charge is 2.26. The average Bonchev–Trinajstić information content (AvgIpc) is 3.73. The lowest BCUT2D eigenvalue weighted by Gasteiger charge is -2.27. The van der Waals surface area contributed by atoms with Gasteiger partial charge in [0.25, 0.3) is 0 Å². The molecule has 0 amide bonds. The number of aromatic nitrogens is 4. The van der Waals surface area contributed by atoms with Gasteiger partial charge in [-0.15, -0.1) is 0 Å². The lowest BCUT2D eigenvalue weighted by atomic mass is 9.78. The summed E-state index contributed by atoms with van der Waals surface area (Å²) in [6.45, 7) is 8.60. The van der Waals surface area contributed by atoms with E-state index in [1.165, 1.54) is 16.7 Å². The number of benzene rings is 5. The first kappa shape index (κ1) is 28.9. The third-order valence-electron chi connectivity index (χ3n) is 10.3. The third-order valence-corrected chi connectivity index (χ3v) is 10.3. The van der Waals surface area contributed by atoms with Crippen LogP contribution in [-0.4, -0.2) is 19.3 Å². The number of rotatable bonds is 8. The van der Waals surface area contributed by atoms with Crippen LogP contribution in [0.25, 0.3) is 33.3 Å². The van der Waals surface area contributed by atoms with E-state index in [-0.39, 0.29) is 16.5 Å². The van der Waals surface area contributed by atoms with Crippen molar-refractivity contribution in [2.75, 3.05) is 0 Å². The number of nitrogens with zero attached hydrogens (tertiary/aromatic N) is 4. The first-order valence-electron chi connectivity index (χ1n) is 18.8. The molecule has 0 atom stereocenters. The maximum atomic E-state index is 7.81. The summed E-state index contributed by atoms with van der Waals surface area (Å²) in [6.07, 6.45) is 1.90. The van der Waals surface area contributed by atoms with Crippen molar-refractivity contribution in [1.82, 2.24) is 19.3 Å². The van der Waals surface area contributed by atoms with E-state index >= 15 is 0 Å². The van der Waals surface area contributed by atoms with E-state index in [0.717, 1.165) is 38.9 Å². The predicted octanol–water partition coefficient (Wildman–Crippen LogP) is 11.4. The Kier molecular flexibility index (Phi) is 7.03. The van der Waals surface area contributed by atoms with Crippen LogP contribution in [0.2, 0.25) is 0 Å². The molecule has 252 valence electrons. The summed E-state index contributed by atoms with van der Waals surface area (Å²) in [5.74, 6) is 2.09. The standard InChI is InChI=1S/C46H42N4O/c1-31-26-32(2)50(48-31)37-18-13-19-38(29-37)51-39-21-22-40-41-27-35(45(3,4)33-14-9-7-10-15-33)20-23-42(41)49(43(40)30-39)44-28-36(24-25-47-44)46(5,6)34-16-11-8-12-17-34/h7-30H,1-6H3/i1D3. The van der Waals surface area contributed by atoms with E-state index in [0.29, 0.717) is 17.2 Å². The zero-order chi connectivity index (χ0) is 37.8. The van der Waals surface area contributed by atoms with Gasteiger partial charge in [-0.1, -0.05) is 100 Å². The van der Waals surface area contributed by atoms with Crippen LogP contribution in [0.1, 0.15) is 65.4 Å². The second kappa shape index (κ2) is 12.4. The van der Waals surface area contributed by atoms with Gasteiger partial charge in [0.1, 0.15) is 17.3 Å². The van der Waals surface area contributed by atoms with Crippen molar-refractivity contribution in [3.8, 4) is 23.0 Å². The summed E-state index contributed by atoms with van der Waals surface area (Å²) in [5, 5.41) is 6.61. The fourth-order valence-electron chi connectivity index (χ4n) is 7.22. The minimum absolute atomic E-state index is 0.0600. The molecular weight excluding hydrogens is 625 g/mol. The molecule has 0 bridgehead atoms. The van der Waals surface area contributed by atoms with Crippen LogP contribution in [0.15, 0.2) is 146 Å². The van der Waals surface area contributed by atoms with Gasteiger partial charge in [-0.05, 0) is 90.6 Å². The van der Waals surface area contributed by atoms with Gasteiger partial charge in [0, 0.05) is 49.7 Å². The largest absolute Gasteiger partial charge is 0.457 e. The van der Waals surface area contributed by atoms with Gasteiger partial charge in [-0.3, -0.25) is 4.57 Å². The normalized spacial score (nSPS) is 13.2. The number of fused-ring (bicyclic) bond motifs is 3. The molecular formula is C46H42N4O. The highest BCUT2D eigenvalue weighted by molar-refractivity contribution is 6.09. The molecule has 3 heterocycles. The Balaban J connectivity index is 1.26. The molecule has 0 radical (unpaired) electrons. The molecule has 8 aromatic rings. The topological polar surface area (TPSA) is 44.9 Å². The lowest BCUT2D eigenvalue weighted by Crippen LogP contribution is -2.19. The monoisotopic (exact) mass is 669 g/mol. The van der Waals surface area contributed by atoms with Crippen LogP contribution in [0.4, 0.5) is 0 Å². The number of hydrogen-bond donors (Lipinski definition) is 0. The van der Waals surface area contributed by atoms with Crippen molar-refractivity contribution in [2.45, 2.75) is 52.3 Å². The van der Waals surface area contributed by atoms with E-state index in [1.807, 2.05) is 49.5 Å². The van der Waals surface area contributed by atoms with Crippen LogP contribution < -0.4 is 4.74 Å². The predicted molar refractivity (Wildman–Crippen MR) is 209 cm³/mol. The Morgan fingerprint density at radius 3 is 1.96 bits per heavy atom. The van der Waals surface area contributed by atoms with Crippen molar-refractivity contribution in [3.63, 3.8) is 0 Å². The smallest absolute Gasteiger partial charge is 0.137 e. The van der Waals surface area contributed by atoms with Gasteiger partial charge in [-0.25, -0.2) is 9.67 Å². The van der Waals surface area contributed by atoms with Crippen molar-refractivity contribution in [2.24, 2.45) is 0 Å². The van der Waals surface area contributed by atoms with E-state index in [9.17, 15) is 0 Å². The third kappa shape index (κ3) is 5.79.